The average Bonchev–Trinajstić information content (AvgIpc) is 2.81. The van der Waals surface area contributed by atoms with Gasteiger partial charge in [-0.25, -0.2) is 9.97 Å². The highest BCUT2D eigenvalue weighted by Crippen LogP contribution is 2.40. The normalized spacial score (nSPS) is 13.6. The second kappa shape index (κ2) is 4.81. The van der Waals surface area contributed by atoms with Crippen molar-refractivity contribution in [3.63, 3.8) is 0 Å². The molecule has 0 radical (unpaired) electrons. The minimum atomic E-state index is -0.0734. The molecule has 0 bridgehead atoms. The first-order chi connectivity index (χ1) is 11.1. The Hall–Kier alpha value is -2.89. The lowest BCUT2D eigenvalue weighted by Crippen LogP contribution is -2.23. The third kappa shape index (κ3) is 1.84. The standard InChI is InChI=1S/C17H17N5O/c1-9(2)22-12-7-19-17(23)11-6-4-3-5-10(11)13(12)14-15(18)20-8-21-16(14)22/h3-6,8-9H,7H2,1-2H3,(H,19,23)(H2,18,20,21). The van der Waals surface area contributed by atoms with Crippen LogP contribution in [0, 0.1) is 0 Å². The first kappa shape index (κ1) is 13.8. The Labute approximate surface area is 133 Å². The first-order valence-electron chi connectivity index (χ1n) is 7.60. The number of hydrogen-bond donors (Lipinski definition) is 2. The summed E-state index contributed by atoms with van der Waals surface area (Å²) in [4.78, 5) is 21.0. The molecule has 4 rings (SSSR count). The van der Waals surface area contributed by atoms with Crippen molar-refractivity contribution < 1.29 is 4.79 Å². The summed E-state index contributed by atoms with van der Waals surface area (Å²) in [7, 11) is 0. The molecule has 0 spiro atoms. The molecule has 1 aliphatic rings. The number of rotatable bonds is 1. The van der Waals surface area contributed by atoms with Crippen LogP contribution in [0.3, 0.4) is 0 Å². The Morgan fingerprint density at radius 1 is 1.22 bits per heavy atom. The number of anilines is 1. The highest BCUT2D eigenvalue weighted by molar-refractivity contribution is 6.10. The second-order valence-electron chi connectivity index (χ2n) is 5.97. The lowest BCUT2D eigenvalue weighted by Gasteiger charge is -2.14. The number of aromatic nitrogens is 3. The van der Waals surface area contributed by atoms with E-state index >= 15 is 0 Å². The van der Waals surface area contributed by atoms with Gasteiger partial charge in [-0.1, -0.05) is 18.2 Å². The zero-order valence-electron chi connectivity index (χ0n) is 13.0. The van der Waals surface area contributed by atoms with E-state index in [0.29, 0.717) is 17.9 Å². The number of amides is 1. The molecule has 3 heterocycles. The van der Waals surface area contributed by atoms with Gasteiger partial charge in [0, 0.05) is 22.9 Å². The highest BCUT2D eigenvalue weighted by atomic mass is 16.1. The fourth-order valence-electron chi connectivity index (χ4n) is 3.38. The van der Waals surface area contributed by atoms with Gasteiger partial charge < -0.3 is 15.6 Å². The molecule has 0 atom stereocenters. The third-order valence-corrected chi connectivity index (χ3v) is 4.29. The van der Waals surface area contributed by atoms with Gasteiger partial charge >= 0.3 is 0 Å². The number of carbonyl (C=O) groups is 1. The number of carbonyl (C=O) groups excluding carboxylic acids is 1. The number of fused-ring (bicyclic) bond motifs is 5. The Balaban J connectivity index is 2.21. The molecule has 0 fully saturated rings. The van der Waals surface area contributed by atoms with E-state index < -0.39 is 0 Å². The van der Waals surface area contributed by atoms with Crippen LogP contribution in [0.5, 0.6) is 0 Å². The molecule has 1 amide bonds. The van der Waals surface area contributed by atoms with Crippen molar-refractivity contribution in [3.8, 4) is 11.1 Å². The van der Waals surface area contributed by atoms with Gasteiger partial charge in [-0.3, -0.25) is 4.79 Å². The fourth-order valence-corrected chi connectivity index (χ4v) is 3.38. The number of nitrogens with two attached hydrogens (primary N) is 1. The maximum absolute atomic E-state index is 12.4. The molecular formula is C17H17N5O. The molecular weight excluding hydrogens is 290 g/mol. The summed E-state index contributed by atoms with van der Waals surface area (Å²) in [5, 5.41) is 3.80. The fraction of sp³-hybridized carbons (Fsp3) is 0.235. The minimum Gasteiger partial charge on any atom is -0.383 e. The SMILES string of the molecule is CC(C)n1c2c(c3c(N)ncnc31)-c1ccccc1C(=O)NC2. The predicted octanol–water partition coefficient (Wildman–Crippen LogP) is 2.50. The van der Waals surface area contributed by atoms with Crippen LogP contribution in [0.15, 0.2) is 30.6 Å². The van der Waals surface area contributed by atoms with E-state index in [2.05, 4.69) is 33.7 Å². The van der Waals surface area contributed by atoms with Crippen LogP contribution in [0.1, 0.15) is 35.9 Å². The molecule has 0 aliphatic carbocycles. The van der Waals surface area contributed by atoms with Crippen molar-refractivity contribution in [1.82, 2.24) is 19.9 Å². The van der Waals surface area contributed by atoms with E-state index in [1.807, 2.05) is 24.3 Å². The number of benzene rings is 1. The molecule has 23 heavy (non-hydrogen) atoms. The number of nitrogens with one attached hydrogen (secondary N) is 1. The molecule has 0 saturated heterocycles. The Morgan fingerprint density at radius 3 is 2.70 bits per heavy atom. The maximum atomic E-state index is 12.4. The molecule has 2 aromatic heterocycles. The first-order valence-corrected chi connectivity index (χ1v) is 7.60. The lowest BCUT2D eigenvalue weighted by molar-refractivity contribution is 0.0952. The van der Waals surface area contributed by atoms with Gasteiger partial charge in [-0.2, -0.15) is 0 Å². The summed E-state index contributed by atoms with van der Waals surface area (Å²) >= 11 is 0. The summed E-state index contributed by atoms with van der Waals surface area (Å²) in [5.74, 6) is 0.366. The second-order valence-corrected chi connectivity index (χ2v) is 5.97. The molecule has 3 N–H and O–H groups in total. The molecule has 3 aromatic rings. The molecule has 0 saturated carbocycles. The smallest absolute Gasteiger partial charge is 0.252 e. The summed E-state index contributed by atoms with van der Waals surface area (Å²) in [6, 6.07) is 7.77. The van der Waals surface area contributed by atoms with Crippen LogP contribution in [-0.4, -0.2) is 20.4 Å². The molecule has 1 aliphatic heterocycles. The maximum Gasteiger partial charge on any atom is 0.252 e. The van der Waals surface area contributed by atoms with Crippen molar-refractivity contribution in [2.24, 2.45) is 0 Å². The van der Waals surface area contributed by atoms with Gasteiger partial charge in [0.1, 0.15) is 17.8 Å². The van der Waals surface area contributed by atoms with Gasteiger partial charge in [0.2, 0.25) is 0 Å². The predicted molar refractivity (Wildman–Crippen MR) is 88.9 cm³/mol. The summed E-state index contributed by atoms with van der Waals surface area (Å²) in [5.41, 5.74) is 10.5. The number of hydrogen-bond acceptors (Lipinski definition) is 4. The van der Waals surface area contributed by atoms with Crippen LogP contribution in [-0.2, 0) is 6.54 Å². The van der Waals surface area contributed by atoms with Crippen LogP contribution in [0.2, 0.25) is 0 Å². The molecule has 6 nitrogen and oxygen atoms in total. The topological polar surface area (TPSA) is 85.8 Å². The van der Waals surface area contributed by atoms with Gasteiger partial charge in [0.15, 0.2) is 0 Å². The highest BCUT2D eigenvalue weighted by Gasteiger charge is 2.28. The van der Waals surface area contributed by atoms with E-state index in [0.717, 1.165) is 27.9 Å². The van der Waals surface area contributed by atoms with Crippen LogP contribution in [0.25, 0.3) is 22.2 Å². The Bertz CT molecular complexity index is 942. The zero-order valence-corrected chi connectivity index (χ0v) is 13.0. The van der Waals surface area contributed by atoms with E-state index in [1.165, 1.54) is 6.33 Å². The summed E-state index contributed by atoms with van der Waals surface area (Å²) in [6.45, 7) is 4.63. The van der Waals surface area contributed by atoms with Crippen molar-refractivity contribution >= 4 is 22.8 Å². The zero-order chi connectivity index (χ0) is 16.1. The van der Waals surface area contributed by atoms with Crippen molar-refractivity contribution in [2.45, 2.75) is 26.4 Å². The van der Waals surface area contributed by atoms with E-state index in [-0.39, 0.29) is 11.9 Å². The van der Waals surface area contributed by atoms with E-state index in [1.54, 1.807) is 0 Å². The van der Waals surface area contributed by atoms with Gasteiger partial charge in [-0.15, -0.1) is 0 Å². The van der Waals surface area contributed by atoms with Crippen molar-refractivity contribution in [1.29, 1.82) is 0 Å². The largest absolute Gasteiger partial charge is 0.383 e. The monoisotopic (exact) mass is 307 g/mol. The van der Waals surface area contributed by atoms with Crippen molar-refractivity contribution in [3.05, 3.63) is 41.9 Å². The van der Waals surface area contributed by atoms with Gasteiger partial charge in [-0.05, 0) is 25.5 Å². The average molecular weight is 307 g/mol. The molecule has 116 valence electrons. The summed E-state index contributed by atoms with van der Waals surface area (Å²) in [6.07, 6.45) is 1.49. The van der Waals surface area contributed by atoms with Gasteiger partial charge in [0.25, 0.3) is 5.91 Å². The molecule has 1 aromatic carbocycles. The molecule has 0 unspecified atom stereocenters. The minimum absolute atomic E-state index is 0.0734. The number of nitrogens with zero attached hydrogens (tertiary/aromatic N) is 3. The van der Waals surface area contributed by atoms with Crippen LogP contribution in [0.4, 0.5) is 5.82 Å². The van der Waals surface area contributed by atoms with Gasteiger partial charge in [0.05, 0.1) is 11.9 Å². The van der Waals surface area contributed by atoms with Crippen LogP contribution >= 0.6 is 0 Å². The Morgan fingerprint density at radius 2 is 1.96 bits per heavy atom. The van der Waals surface area contributed by atoms with E-state index in [4.69, 9.17) is 5.73 Å². The molecule has 6 heteroatoms. The Kier molecular flexibility index (Phi) is 2.87. The van der Waals surface area contributed by atoms with Crippen LogP contribution < -0.4 is 11.1 Å². The summed E-state index contributed by atoms with van der Waals surface area (Å²) < 4.78 is 2.13. The quantitative estimate of drug-likeness (QED) is 0.723. The van der Waals surface area contributed by atoms with Crippen molar-refractivity contribution in [2.75, 3.05) is 5.73 Å². The lowest BCUT2D eigenvalue weighted by atomic mass is 9.98. The number of nitrogen functional groups attached to an aromatic ring is 1. The third-order valence-electron chi connectivity index (χ3n) is 4.29. The van der Waals surface area contributed by atoms with E-state index in [9.17, 15) is 4.79 Å².